The summed E-state index contributed by atoms with van der Waals surface area (Å²) in [6, 6.07) is 4.42. The van der Waals surface area contributed by atoms with Gasteiger partial charge in [0.1, 0.15) is 5.75 Å². The van der Waals surface area contributed by atoms with Crippen molar-refractivity contribution in [3.63, 3.8) is 0 Å². The Bertz CT molecular complexity index is 573. The summed E-state index contributed by atoms with van der Waals surface area (Å²) in [5.41, 5.74) is 3.36. The van der Waals surface area contributed by atoms with Crippen molar-refractivity contribution in [3.05, 3.63) is 28.8 Å². The largest absolute Gasteiger partial charge is 0.507 e. The fourth-order valence-corrected chi connectivity index (χ4v) is 3.07. The van der Waals surface area contributed by atoms with E-state index >= 15 is 0 Å². The average molecular weight is 380 g/mol. The number of nitrogens with zero attached hydrogens (tertiary/aromatic N) is 1. The lowest BCUT2D eigenvalue weighted by Gasteiger charge is -2.32. The zero-order valence-corrected chi connectivity index (χ0v) is 18.8. The molecule has 0 spiro atoms. The fourth-order valence-electron chi connectivity index (χ4n) is 3.07. The standard InChI is InChI=1S/C23H41NO3/c1-9-22(3,4)19-15-18(17-24(11-13-26-7)12-14-27-8)21(25)20(16-19)23(5,6)10-2/h15-16,25H,9-14,17H2,1-8H3. The molecule has 0 fully saturated rings. The van der Waals surface area contributed by atoms with Crippen LogP contribution in [0.2, 0.25) is 0 Å². The molecule has 0 aliphatic rings. The maximum atomic E-state index is 11.1. The molecule has 0 aromatic heterocycles. The first-order valence-electron chi connectivity index (χ1n) is 10.2. The lowest BCUT2D eigenvalue weighted by Crippen LogP contribution is -2.31. The number of phenols is 1. The van der Waals surface area contributed by atoms with Gasteiger partial charge in [0.25, 0.3) is 0 Å². The highest BCUT2D eigenvalue weighted by atomic mass is 16.5. The number of ether oxygens (including phenoxy) is 2. The second kappa shape index (κ2) is 10.4. The molecular formula is C23H41NO3. The van der Waals surface area contributed by atoms with E-state index in [9.17, 15) is 5.11 Å². The normalized spacial score (nSPS) is 12.8. The summed E-state index contributed by atoms with van der Waals surface area (Å²) in [7, 11) is 3.44. The zero-order valence-electron chi connectivity index (χ0n) is 18.8. The first kappa shape index (κ1) is 23.9. The first-order chi connectivity index (χ1) is 12.6. The third kappa shape index (κ3) is 6.48. The van der Waals surface area contributed by atoms with Gasteiger partial charge in [-0.15, -0.1) is 0 Å². The highest BCUT2D eigenvalue weighted by molar-refractivity contribution is 5.49. The lowest BCUT2D eigenvalue weighted by molar-refractivity contribution is 0.109. The van der Waals surface area contributed by atoms with Crippen molar-refractivity contribution in [3.8, 4) is 5.75 Å². The Morgan fingerprint density at radius 3 is 1.85 bits per heavy atom. The van der Waals surface area contributed by atoms with Gasteiger partial charge in [0.2, 0.25) is 0 Å². The molecule has 156 valence electrons. The molecule has 0 heterocycles. The minimum Gasteiger partial charge on any atom is -0.507 e. The van der Waals surface area contributed by atoms with Crippen LogP contribution in [0.3, 0.4) is 0 Å². The SMILES string of the molecule is CCC(C)(C)c1cc(CN(CCOC)CCOC)c(O)c(C(C)(C)CC)c1. The molecule has 0 saturated carbocycles. The average Bonchev–Trinajstić information content (AvgIpc) is 2.64. The summed E-state index contributed by atoms with van der Waals surface area (Å²) in [5, 5.41) is 11.1. The zero-order chi connectivity index (χ0) is 20.7. The minimum atomic E-state index is -0.0669. The molecule has 0 saturated heterocycles. The molecule has 1 rings (SSSR count). The van der Waals surface area contributed by atoms with Gasteiger partial charge < -0.3 is 14.6 Å². The Hall–Kier alpha value is -1.10. The number of methoxy groups -OCH3 is 2. The predicted octanol–water partition coefficient (Wildman–Crippen LogP) is 4.86. The lowest BCUT2D eigenvalue weighted by atomic mass is 9.75. The van der Waals surface area contributed by atoms with Gasteiger partial charge >= 0.3 is 0 Å². The van der Waals surface area contributed by atoms with Crippen LogP contribution in [0, 0.1) is 0 Å². The van der Waals surface area contributed by atoms with Crippen molar-refractivity contribution in [2.24, 2.45) is 0 Å². The van der Waals surface area contributed by atoms with Gasteiger partial charge in [-0.25, -0.2) is 0 Å². The van der Waals surface area contributed by atoms with E-state index in [-0.39, 0.29) is 10.8 Å². The minimum absolute atomic E-state index is 0.0669. The third-order valence-corrected chi connectivity index (χ3v) is 6.08. The Kier molecular flexibility index (Phi) is 9.26. The molecule has 1 aromatic rings. The number of aromatic hydroxyl groups is 1. The van der Waals surface area contributed by atoms with Crippen molar-refractivity contribution in [1.82, 2.24) is 4.90 Å². The van der Waals surface area contributed by atoms with E-state index < -0.39 is 0 Å². The molecule has 27 heavy (non-hydrogen) atoms. The second-order valence-electron chi connectivity index (χ2n) is 8.77. The van der Waals surface area contributed by atoms with Crippen molar-refractivity contribution < 1.29 is 14.6 Å². The molecule has 4 heteroatoms. The summed E-state index contributed by atoms with van der Waals surface area (Å²) < 4.78 is 10.5. The monoisotopic (exact) mass is 379 g/mol. The topological polar surface area (TPSA) is 41.9 Å². The number of rotatable bonds is 12. The fraction of sp³-hybridized carbons (Fsp3) is 0.739. The van der Waals surface area contributed by atoms with Crippen LogP contribution in [-0.4, -0.2) is 50.5 Å². The van der Waals surface area contributed by atoms with Gasteiger partial charge in [0, 0.05) is 45.0 Å². The smallest absolute Gasteiger partial charge is 0.123 e. The van der Waals surface area contributed by atoms with Gasteiger partial charge in [-0.2, -0.15) is 0 Å². The van der Waals surface area contributed by atoms with Crippen LogP contribution in [0.25, 0.3) is 0 Å². The molecule has 0 radical (unpaired) electrons. The first-order valence-corrected chi connectivity index (χ1v) is 10.2. The van der Waals surface area contributed by atoms with E-state index in [1.165, 1.54) is 5.56 Å². The Balaban J connectivity index is 3.37. The highest BCUT2D eigenvalue weighted by Crippen LogP contribution is 2.40. The second-order valence-corrected chi connectivity index (χ2v) is 8.77. The van der Waals surface area contributed by atoms with Crippen LogP contribution >= 0.6 is 0 Å². The van der Waals surface area contributed by atoms with Crippen LogP contribution in [0.5, 0.6) is 5.75 Å². The molecule has 4 nitrogen and oxygen atoms in total. The Morgan fingerprint density at radius 1 is 0.889 bits per heavy atom. The van der Waals surface area contributed by atoms with Crippen molar-refractivity contribution >= 4 is 0 Å². The molecule has 0 bridgehead atoms. The maximum Gasteiger partial charge on any atom is 0.123 e. The van der Waals surface area contributed by atoms with E-state index in [4.69, 9.17) is 9.47 Å². The van der Waals surface area contributed by atoms with Crippen LogP contribution < -0.4 is 0 Å². The molecule has 1 aromatic carbocycles. The van der Waals surface area contributed by atoms with Crippen LogP contribution in [0.1, 0.15) is 71.1 Å². The van der Waals surface area contributed by atoms with Crippen molar-refractivity contribution in [2.45, 2.75) is 71.8 Å². The van der Waals surface area contributed by atoms with E-state index in [1.807, 2.05) is 0 Å². The maximum absolute atomic E-state index is 11.1. The molecule has 0 aliphatic carbocycles. The quantitative estimate of drug-likeness (QED) is 0.563. The van der Waals surface area contributed by atoms with Crippen LogP contribution in [0.15, 0.2) is 12.1 Å². The van der Waals surface area contributed by atoms with Gasteiger partial charge in [-0.3, -0.25) is 4.90 Å². The summed E-state index contributed by atoms with van der Waals surface area (Å²) >= 11 is 0. The van der Waals surface area contributed by atoms with Gasteiger partial charge in [0.05, 0.1) is 13.2 Å². The van der Waals surface area contributed by atoms with E-state index in [1.54, 1.807) is 14.2 Å². The Labute approximate surface area is 166 Å². The molecule has 0 amide bonds. The van der Waals surface area contributed by atoms with Crippen molar-refractivity contribution in [1.29, 1.82) is 0 Å². The summed E-state index contributed by atoms with van der Waals surface area (Å²) in [6.45, 7) is 17.0. The molecule has 0 unspecified atom stereocenters. The Morgan fingerprint density at radius 2 is 1.41 bits per heavy atom. The van der Waals surface area contributed by atoms with Gasteiger partial charge in [-0.05, 0) is 29.2 Å². The van der Waals surface area contributed by atoms with E-state index in [0.29, 0.717) is 25.5 Å². The van der Waals surface area contributed by atoms with Crippen molar-refractivity contribution in [2.75, 3.05) is 40.5 Å². The van der Waals surface area contributed by atoms with Crippen LogP contribution in [-0.2, 0) is 26.8 Å². The summed E-state index contributed by atoms with van der Waals surface area (Å²) in [6.07, 6.45) is 2.04. The number of hydrogen-bond donors (Lipinski definition) is 1. The third-order valence-electron chi connectivity index (χ3n) is 6.08. The van der Waals surface area contributed by atoms with E-state index in [0.717, 1.165) is 37.1 Å². The van der Waals surface area contributed by atoms with E-state index in [2.05, 4.69) is 58.6 Å². The number of benzene rings is 1. The highest BCUT2D eigenvalue weighted by Gasteiger charge is 2.28. The predicted molar refractivity (Wildman–Crippen MR) is 114 cm³/mol. The molecule has 1 N–H and O–H groups in total. The molecular weight excluding hydrogens is 338 g/mol. The van der Waals surface area contributed by atoms with Gasteiger partial charge in [0.15, 0.2) is 0 Å². The van der Waals surface area contributed by atoms with Crippen LogP contribution in [0.4, 0.5) is 0 Å². The molecule has 0 aliphatic heterocycles. The van der Waals surface area contributed by atoms with Gasteiger partial charge in [-0.1, -0.05) is 53.7 Å². The molecule has 0 atom stereocenters. The summed E-state index contributed by atoms with van der Waals surface area (Å²) in [4.78, 5) is 2.29. The summed E-state index contributed by atoms with van der Waals surface area (Å²) in [5.74, 6) is 0.442. The number of hydrogen-bond acceptors (Lipinski definition) is 4. The number of phenolic OH excluding ortho intramolecular Hbond substituents is 1.